The third kappa shape index (κ3) is 3.44. The first-order valence-corrected chi connectivity index (χ1v) is 8.32. The lowest BCUT2D eigenvalue weighted by Crippen LogP contribution is -2.12. The molecule has 0 saturated heterocycles. The number of nitrogens with two attached hydrogens (primary N) is 1. The maximum atomic E-state index is 13.8. The van der Waals surface area contributed by atoms with Crippen LogP contribution in [0.1, 0.15) is 5.56 Å². The molecule has 4 nitrogen and oxygen atoms in total. The quantitative estimate of drug-likeness (QED) is 0.547. The maximum Gasteiger partial charge on any atom is 0.210 e. The van der Waals surface area contributed by atoms with Crippen molar-refractivity contribution in [1.29, 1.82) is 0 Å². The summed E-state index contributed by atoms with van der Waals surface area (Å²) in [6, 6.07) is 11.6. The van der Waals surface area contributed by atoms with Crippen molar-refractivity contribution >= 4 is 35.0 Å². The van der Waals surface area contributed by atoms with Gasteiger partial charge in [0.2, 0.25) is 5.16 Å². The van der Waals surface area contributed by atoms with E-state index >= 15 is 0 Å². The van der Waals surface area contributed by atoms with Crippen molar-refractivity contribution in [3.05, 3.63) is 63.9 Å². The van der Waals surface area contributed by atoms with Gasteiger partial charge in [-0.25, -0.2) is 9.07 Å². The molecule has 0 spiro atoms. The van der Waals surface area contributed by atoms with Crippen molar-refractivity contribution in [2.75, 3.05) is 5.84 Å². The summed E-state index contributed by atoms with van der Waals surface area (Å²) in [6.07, 6.45) is 0. The van der Waals surface area contributed by atoms with Gasteiger partial charge in [-0.05, 0) is 29.8 Å². The highest BCUT2D eigenvalue weighted by Gasteiger charge is 2.15. The number of rotatable bonds is 4. The van der Waals surface area contributed by atoms with Gasteiger partial charge in [0, 0.05) is 15.8 Å². The van der Waals surface area contributed by atoms with Crippen LogP contribution in [0.25, 0.3) is 11.4 Å². The fraction of sp³-hybridized carbons (Fsp3) is 0.0667. The van der Waals surface area contributed by atoms with Gasteiger partial charge < -0.3 is 5.84 Å². The van der Waals surface area contributed by atoms with Crippen molar-refractivity contribution in [2.24, 2.45) is 0 Å². The van der Waals surface area contributed by atoms with Gasteiger partial charge in [0.05, 0.1) is 5.56 Å². The van der Waals surface area contributed by atoms with Gasteiger partial charge in [-0.3, -0.25) is 0 Å². The molecule has 0 aliphatic carbocycles. The molecule has 0 atom stereocenters. The molecule has 0 amide bonds. The summed E-state index contributed by atoms with van der Waals surface area (Å²) in [5, 5.41) is 9.59. The van der Waals surface area contributed by atoms with E-state index in [0.717, 1.165) is 5.56 Å². The Bertz CT molecular complexity index is 853. The highest BCUT2D eigenvalue weighted by atomic mass is 35.5. The van der Waals surface area contributed by atoms with Crippen LogP contribution in [0.3, 0.4) is 0 Å². The largest absolute Gasteiger partial charge is 0.335 e. The van der Waals surface area contributed by atoms with Crippen LogP contribution in [-0.2, 0) is 5.75 Å². The second-order valence-corrected chi connectivity index (χ2v) is 6.47. The molecule has 0 bridgehead atoms. The van der Waals surface area contributed by atoms with Gasteiger partial charge in [0.25, 0.3) is 0 Å². The van der Waals surface area contributed by atoms with Crippen LogP contribution < -0.4 is 5.84 Å². The Balaban J connectivity index is 1.81. The van der Waals surface area contributed by atoms with Crippen LogP contribution in [0.5, 0.6) is 0 Å². The average molecular weight is 369 g/mol. The van der Waals surface area contributed by atoms with E-state index in [0.29, 0.717) is 26.5 Å². The number of halogens is 3. The fourth-order valence-electron chi connectivity index (χ4n) is 1.98. The second kappa shape index (κ2) is 6.78. The van der Waals surface area contributed by atoms with Crippen LogP contribution in [0.4, 0.5) is 4.39 Å². The van der Waals surface area contributed by atoms with Crippen molar-refractivity contribution in [1.82, 2.24) is 14.9 Å². The standard InChI is InChI=1S/C15H11Cl2FN4S/c16-10-6-5-9(12(17)7-10)8-23-15-21-20-14(22(15)19)11-3-1-2-4-13(11)18/h1-7H,8,19H2. The predicted molar refractivity (Wildman–Crippen MR) is 91.6 cm³/mol. The summed E-state index contributed by atoms with van der Waals surface area (Å²) in [5.41, 5.74) is 1.20. The van der Waals surface area contributed by atoms with Gasteiger partial charge in [-0.1, -0.05) is 53.2 Å². The van der Waals surface area contributed by atoms with E-state index < -0.39 is 5.82 Å². The Morgan fingerprint density at radius 3 is 2.65 bits per heavy atom. The Morgan fingerprint density at radius 1 is 1.13 bits per heavy atom. The van der Waals surface area contributed by atoms with Gasteiger partial charge in [-0.15, -0.1) is 10.2 Å². The lowest BCUT2D eigenvalue weighted by Gasteiger charge is -2.06. The topological polar surface area (TPSA) is 56.7 Å². The second-order valence-electron chi connectivity index (χ2n) is 4.68. The van der Waals surface area contributed by atoms with E-state index in [4.69, 9.17) is 29.0 Å². The van der Waals surface area contributed by atoms with Crippen molar-refractivity contribution in [3.63, 3.8) is 0 Å². The number of thioether (sulfide) groups is 1. The Hall–Kier alpha value is -1.76. The monoisotopic (exact) mass is 368 g/mol. The SMILES string of the molecule is Nn1c(SCc2ccc(Cl)cc2Cl)nnc1-c1ccccc1F. The molecule has 2 aromatic carbocycles. The highest BCUT2D eigenvalue weighted by Crippen LogP contribution is 2.29. The minimum atomic E-state index is -0.399. The van der Waals surface area contributed by atoms with E-state index in [2.05, 4.69) is 10.2 Å². The first kappa shape index (κ1) is 16.1. The van der Waals surface area contributed by atoms with Crippen LogP contribution in [-0.4, -0.2) is 14.9 Å². The molecule has 0 unspecified atom stereocenters. The van der Waals surface area contributed by atoms with Crippen molar-refractivity contribution in [3.8, 4) is 11.4 Å². The Kier molecular flexibility index (Phi) is 4.75. The smallest absolute Gasteiger partial charge is 0.210 e. The summed E-state index contributed by atoms with van der Waals surface area (Å²) >= 11 is 13.4. The Morgan fingerprint density at radius 2 is 1.91 bits per heavy atom. The molecule has 1 heterocycles. The third-order valence-electron chi connectivity index (χ3n) is 3.15. The number of hydrogen-bond acceptors (Lipinski definition) is 4. The molecule has 2 N–H and O–H groups in total. The van der Waals surface area contributed by atoms with Gasteiger partial charge in [0.15, 0.2) is 5.82 Å². The molecule has 3 aromatic rings. The predicted octanol–water partition coefficient (Wildman–Crippen LogP) is 4.40. The fourth-order valence-corrected chi connectivity index (χ4v) is 3.40. The van der Waals surface area contributed by atoms with Gasteiger partial charge in [-0.2, -0.15) is 0 Å². The molecule has 3 rings (SSSR count). The molecule has 0 saturated carbocycles. The Labute approximate surface area is 146 Å². The van der Waals surface area contributed by atoms with Gasteiger partial charge in [0.1, 0.15) is 5.82 Å². The summed E-state index contributed by atoms with van der Waals surface area (Å²) in [5.74, 6) is 6.40. The average Bonchev–Trinajstić information content (AvgIpc) is 2.88. The van der Waals surface area contributed by atoms with E-state index in [1.165, 1.54) is 22.5 Å². The summed E-state index contributed by atoms with van der Waals surface area (Å²) in [6.45, 7) is 0. The molecule has 0 aliphatic rings. The lowest BCUT2D eigenvalue weighted by molar-refractivity contribution is 0.629. The van der Waals surface area contributed by atoms with E-state index in [9.17, 15) is 4.39 Å². The molecule has 1 aromatic heterocycles. The lowest BCUT2D eigenvalue weighted by atomic mass is 10.2. The molecule has 23 heavy (non-hydrogen) atoms. The number of hydrogen-bond donors (Lipinski definition) is 1. The zero-order valence-electron chi connectivity index (χ0n) is 11.7. The highest BCUT2D eigenvalue weighted by molar-refractivity contribution is 7.98. The number of benzene rings is 2. The first-order valence-electron chi connectivity index (χ1n) is 6.58. The summed E-state index contributed by atoms with van der Waals surface area (Å²) in [7, 11) is 0. The molecule has 8 heteroatoms. The van der Waals surface area contributed by atoms with Crippen LogP contribution >= 0.6 is 35.0 Å². The molecular formula is C15H11Cl2FN4S. The van der Waals surface area contributed by atoms with E-state index in [1.54, 1.807) is 30.3 Å². The van der Waals surface area contributed by atoms with Crippen LogP contribution in [0, 0.1) is 5.82 Å². The molecule has 0 radical (unpaired) electrons. The number of aromatic nitrogens is 3. The summed E-state index contributed by atoms with van der Waals surface area (Å²) < 4.78 is 15.1. The third-order valence-corrected chi connectivity index (χ3v) is 4.73. The molecule has 118 valence electrons. The first-order chi connectivity index (χ1) is 11.1. The van der Waals surface area contributed by atoms with E-state index in [-0.39, 0.29) is 5.82 Å². The molecule has 0 fully saturated rings. The van der Waals surface area contributed by atoms with Crippen LogP contribution in [0.2, 0.25) is 10.0 Å². The van der Waals surface area contributed by atoms with Crippen molar-refractivity contribution in [2.45, 2.75) is 10.9 Å². The maximum absolute atomic E-state index is 13.8. The normalized spacial score (nSPS) is 10.9. The van der Waals surface area contributed by atoms with Crippen molar-refractivity contribution < 1.29 is 4.39 Å². The number of nitrogens with zero attached hydrogens (tertiary/aromatic N) is 3. The molecular weight excluding hydrogens is 358 g/mol. The molecule has 0 aliphatic heterocycles. The van der Waals surface area contributed by atoms with E-state index in [1.807, 2.05) is 6.07 Å². The van der Waals surface area contributed by atoms with Crippen LogP contribution in [0.15, 0.2) is 47.6 Å². The summed E-state index contributed by atoms with van der Waals surface area (Å²) in [4.78, 5) is 0. The van der Waals surface area contributed by atoms with Gasteiger partial charge >= 0.3 is 0 Å². The minimum Gasteiger partial charge on any atom is -0.335 e. The number of nitrogen functional groups attached to an aromatic ring is 1. The zero-order chi connectivity index (χ0) is 16.4. The minimum absolute atomic E-state index is 0.271. The zero-order valence-corrected chi connectivity index (χ0v) is 14.0.